The summed E-state index contributed by atoms with van der Waals surface area (Å²) in [5, 5.41) is 3.43. The van der Waals surface area contributed by atoms with Crippen molar-refractivity contribution < 1.29 is 4.79 Å². The lowest BCUT2D eigenvalue weighted by Gasteiger charge is -2.02. The van der Waals surface area contributed by atoms with Crippen LogP contribution in [-0.2, 0) is 6.42 Å². The van der Waals surface area contributed by atoms with E-state index >= 15 is 0 Å². The van der Waals surface area contributed by atoms with E-state index in [4.69, 9.17) is 0 Å². The highest BCUT2D eigenvalue weighted by Crippen LogP contribution is 2.17. The zero-order valence-electron chi connectivity index (χ0n) is 9.86. The van der Waals surface area contributed by atoms with Crippen LogP contribution in [0.4, 0.5) is 5.13 Å². The fourth-order valence-corrected chi connectivity index (χ4v) is 2.13. The first-order valence-electron chi connectivity index (χ1n) is 5.51. The standard InChI is InChI=1S/C13H14N2OS/c1-3-10-4-6-11(7-5-10)12(16)15-13-14-8-9(2)17-13/h4-8H,3H2,1-2H3,(H,14,15,16). The normalized spacial score (nSPS) is 10.2. The molecule has 1 aromatic carbocycles. The summed E-state index contributed by atoms with van der Waals surface area (Å²) < 4.78 is 0. The minimum atomic E-state index is -0.109. The third-order valence-corrected chi connectivity index (χ3v) is 3.29. The first-order valence-corrected chi connectivity index (χ1v) is 6.33. The fraction of sp³-hybridized carbons (Fsp3) is 0.231. The van der Waals surface area contributed by atoms with Gasteiger partial charge in [0.1, 0.15) is 0 Å². The molecule has 0 radical (unpaired) electrons. The summed E-state index contributed by atoms with van der Waals surface area (Å²) in [4.78, 5) is 17.1. The van der Waals surface area contributed by atoms with Crippen LogP contribution in [0, 0.1) is 6.92 Å². The van der Waals surface area contributed by atoms with Crippen molar-refractivity contribution in [3.05, 3.63) is 46.5 Å². The fourth-order valence-electron chi connectivity index (χ4n) is 1.47. The van der Waals surface area contributed by atoms with Gasteiger partial charge in [0, 0.05) is 16.6 Å². The highest BCUT2D eigenvalue weighted by atomic mass is 32.1. The number of thiazole rings is 1. The van der Waals surface area contributed by atoms with Gasteiger partial charge in [-0.15, -0.1) is 11.3 Å². The molecular weight excluding hydrogens is 232 g/mol. The summed E-state index contributed by atoms with van der Waals surface area (Å²) in [5.41, 5.74) is 1.89. The van der Waals surface area contributed by atoms with Crippen LogP contribution in [0.15, 0.2) is 30.5 Å². The van der Waals surface area contributed by atoms with Crippen LogP contribution < -0.4 is 5.32 Å². The zero-order valence-corrected chi connectivity index (χ0v) is 10.7. The molecule has 88 valence electrons. The van der Waals surface area contributed by atoms with Gasteiger partial charge in [-0.3, -0.25) is 10.1 Å². The van der Waals surface area contributed by atoms with Crippen LogP contribution in [0.5, 0.6) is 0 Å². The van der Waals surface area contributed by atoms with Gasteiger partial charge in [0.05, 0.1) is 0 Å². The predicted octanol–water partition coefficient (Wildman–Crippen LogP) is 3.27. The van der Waals surface area contributed by atoms with E-state index in [9.17, 15) is 4.79 Å². The number of nitrogens with one attached hydrogen (secondary N) is 1. The number of benzene rings is 1. The molecule has 1 amide bonds. The molecule has 17 heavy (non-hydrogen) atoms. The average Bonchev–Trinajstić information content (AvgIpc) is 2.75. The molecule has 4 heteroatoms. The predicted molar refractivity (Wildman–Crippen MR) is 70.6 cm³/mol. The smallest absolute Gasteiger partial charge is 0.257 e. The van der Waals surface area contributed by atoms with Crippen molar-refractivity contribution in [1.29, 1.82) is 0 Å². The van der Waals surface area contributed by atoms with E-state index in [1.54, 1.807) is 6.20 Å². The van der Waals surface area contributed by atoms with Crippen molar-refractivity contribution in [3.8, 4) is 0 Å². The van der Waals surface area contributed by atoms with E-state index in [-0.39, 0.29) is 5.91 Å². The second kappa shape index (κ2) is 5.10. The highest BCUT2D eigenvalue weighted by molar-refractivity contribution is 7.15. The molecule has 2 rings (SSSR count). The lowest BCUT2D eigenvalue weighted by molar-refractivity contribution is 0.102. The Balaban J connectivity index is 2.09. The van der Waals surface area contributed by atoms with Crippen molar-refractivity contribution in [3.63, 3.8) is 0 Å². The van der Waals surface area contributed by atoms with E-state index in [0.29, 0.717) is 10.7 Å². The Morgan fingerprint density at radius 3 is 2.59 bits per heavy atom. The Labute approximate surface area is 105 Å². The monoisotopic (exact) mass is 246 g/mol. The average molecular weight is 246 g/mol. The Morgan fingerprint density at radius 1 is 1.35 bits per heavy atom. The largest absolute Gasteiger partial charge is 0.298 e. The zero-order chi connectivity index (χ0) is 12.3. The maximum absolute atomic E-state index is 11.9. The Hall–Kier alpha value is -1.68. The lowest BCUT2D eigenvalue weighted by Crippen LogP contribution is -2.11. The van der Waals surface area contributed by atoms with Crippen molar-refractivity contribution >= 4 is 22.4 Å². The first-order chi connectivity index (χ1) is 8.19. The van der Waals surface area contributed by atoms with Crippen molar-refractivity contribution in [2.45, 2.75) is 20.3 Å². The molecular formula is C13H14N2OS. The lowest BCUT2D eigenvalue weighted by atomic mass is 10.1. The summed E-state index contributed by atoms with van der Waals surface area (Å²) in [6.45, 7) is 4.05. The van der Waals surface area contributed by atoms with Crippen LogP contribution in [0.2, 0.25) is 0 Å². The molecule has 0 saturated heterocycles. The maximum atomic E-state index is 11.9. The molecule has 0 spiro atoms. The van der Waals surface area contributed by atoms with E-state index in [1.165, 1.54) is 16.9 Å². The molecule has 0 unspecified atom stereocenters. The Bertz CT molecular complexity index is 516. The van der Waals surface area contributed by atoms with Crippen LogP contribution in [0.1, 0.15) is 27.7 Å². The van der Waals surface area contributed by atoms with Crippen molar-refractivity contribution in [2.24, 2.45) is 0 Å². The summed E-state index contributed by atoms with van der Waals surface area (Å²) >= 11 is 1.48. The van der Waals surface area contributed by atoms with Crippen molar-refractivity contribution in [2.75, 3.05) is 5.32 Å². The molecule has 1 aromatic heterocycles. The van der Waals surface area contributed by atoms with Gasteiger partial charge in [0.15, 0.2) is 5.13 Å². The minimum absolute atomic E-state index is 0.109. The number of aryl methyl sites for hydroxylation is 2. The molecule has 0 fully saturated rings. The van der Waals surface area contributed by atoms with Gasteiger partial charge < -0.3 is 0 Å². The second-order valence-electron chi connectivity index (χ2n) is 3.78. The SMILES string of the molecule is CCc1ccc(C(=O)Nc2ncc(C)s2)cc1. The van der Waals surface area contributed by atoms with Crippen molar-refractivity contribution in [1.82, 2.24) is 4.98 Å². The summed E-state index contributed by atoms with van der Waals surface area (Å²) in [6, 6.07) is 7.63. The van der Waals surface area contributed by atoms with Gasteiger partial charge in [0.2, 0.25) is 0 Å². The number of anilines is 1. The molecule has 0 atom stereocenters. The molecule has 1 N–H and O–H groups in total. The third-order valence-electron chi connectivity index (χ3n) is 2.47. The number of amides is 1. The molecule has 0 saturated carbocycles. The number of rotatable bonds is 3. The topological polar surface area (TPSA) is 42.0 Å². The number of hydrogen-bond donors (Lipinski definition) is 1. The number of carbonyl (C=O) groups is 1. The molecule has 3 nitrogen and oxygen atoms in total. The summed E-state index contributed by atoms with van der Waals surface area (Å²) in [6.07, 6.45) is 2.73. The Morgan fingerprint density at radius 2 is 2.06 bits per heavy atom. The van der Waals surface area contributed by atoms with E-state index < -0.39 is 0 Å². The molecule has 2 aromatic rings. The van der Waals surface area contributed by atoms with Crippen LogP contribution in [-0.4, -0.2) is 10.9 Å². The number of carbonyl (C=O) groups excluding carboxylic acids is 1. The summed E-state index contributed by atoms with van der Waals surface area (Å²) in [5.74, 6) is -0.109. The third kappa shape index (κ3) is 2.91. The van der Waals surface area contributed by atoms with Gasteiger partial charge in [0.25, 0.3) is 5.91 Å². The maximum Gasteiger partial charge on any atom is 0.257 e. The van der Waals surface area contributed by atoms with Crippen LogP contribution in [0.25, 0.3) is 0 Å². The second-order valence-corrected chi connectivity index (χ2v) is 5.02. The van der Waals surface area contributed by atoms with Crippen LogP contribution in [0.3, 0.4) is 0 Å². The molecule has 0 bridgehead atoms. The number of aromatic nitrogens is 1. The summed E-state index contributed by atoms with van der Waals surface area (Å²) in [7, 11) is 0. The van der Waals surface area contributed by atoms with E-state index in [1.807, 2.05) is 31.2 Å². The molecule has 0 aliphatic carbocycles. The van der Waals surface area contributed by atoms with Gasteiger partial charge in [-0.05, 0) is 31.0 Å². The van der Waals surface area contributed by atoms with E-state index in [2.05, 4.69) is 17.2 Å². The number of hydrogen-bond acceptors (Lipinski definition) is 3. The highest BCUT2D eigenvalue weighted by Gasteiger charge is 2.07. The molecule has 0 aliphatic rings. The van der Waals surface area contributed by atoms with Gasteiger partial charge in [-0.25, -0.2) is 4.98 Å². The van der Waals surface area contributed by atoms with Crippen LogP contribution >= 0.6 is 11.3 Å². The minimum Gasteiger partial charge on any atom is -0.298 e. The first kappa shape index (κ1) is 11.8. The van der Waals surface area contributed by atoms with E-state index in [0.717, 1.165) is 11.3 Å². The quantitative estimate of drug-likeness (QED) is 0.903. The molecule has 0 aliphatic heterocycles. The van der Waals surface area contributed by atoms with Gasteiger partial charge in [-0.1, -0.05) is 19.1 Å². The van der Waals surface area contributed by atoms with Gasteiger partial charge in [-0.2, -0.15) is 0 Å². The number of nitrogens with zero attached hydrogens (tertiary/aromatic N) is 1. The van der Waals surface area contributed by atoms with Gasteiger partial charge >= 0.3 is 0 Å². The molecule has 1 heterocycles. The Kier molecular flexibility index (Phi) is 3.54.